The standard InChI is InChI=1S/C11H21NO2/c1-12-8-2-4-10(13)6-7-11-5-3-9-14-11/h11-12H,2-9H2,1H3. The molecule has 0 saturated carbocycles. The molecule has 1 N–H and O–H groups in total. The van der Waals surface area contributed by atoms with E-state index in [1.54, 1.807) is 0 Å². The van der Waals surface area contributed by atoms with Crippen LogP contribution in [0.3, 0.4) is 0 Å². The molecule has 0 aromatic heterocycles. The van der Waals surface area contributed by atoms with Crippen molar-refractivity contribution in [1.29, 1.82) is 0 Å². The highest BCUT2D eigenvalue weighted by Gasteiger charge is 2.16. The van der Waals surface area contributed by atoms with Crippen molar-refractivity contribution < 1.29 is 9.53 Å². The van der Waals surface area contributed by atoms with E-state index in [2.05, 4.69) is 5.32 Å². The number of rotatable bonds is 7. The molecule has 1 unspecified atom stereocenters. The summed E-state index contributed by atoms with van der Waals surface area (Å²) in [4.78, 5) is 11.4. The van der Waals surface area contributed by atoms with Gasteiger partial charge in [0.05, 0.1) is 6.10 Å². The lowest BCUT2D eigenvalue weighted by atomic mass is 10.1. The van der Waals surface area contributed by atoms with Crippen molar-refractivity contribution in [3.8, 4) is 0 Å². The molecule has 3 heteroatoms. The van der Waals surface area contributed by atoms with Gasteiger partial charge in [-0.15, -0.1) is 0 Å². The van der Waals surface area contributed by atoms with Crippen molar-refractivity contribution in [2.75, 3.05) is 20.2 Å². The maximum atomic E-state index is 11.4. The number of hydrogen-bond acceptors (Lipinski definition) is 3. The van der Waals surface area contributed by atoms with E-state index in [0.717, 1.165) is 32.4 Å². The third-order valence-corrected chi connectivity index (χ3v) is 2.65. The first-order valence-corrected chi connectivity index (χ1v) is 5.61. The van der Waals surface area contributed by atoms with Gasteiger partial charge < -0.3 is 10.1 Å². The number of Topliss-reactive ketones (excluding diaryl/α,β-unsaturated/α-hetero) is 1. The van der Waals surface area contributed by atoms with Crippen LogP contribution in [0.15, 0.2) is 0 Å². The molecule has 82 valence electrons. The van der Waals surface area contributed by atoms with Crippen LogP contribution in [-0.4, -0.2) is 32.1 Å². The van der Waals surface area contributed by atoms with Crippen LogP contribution in [0.1, 0.15) is 38.5 Å². The van der Waals surface area contributed by atoms with Crippen molar-refractivity contribution in [2.24, 2.45) is 0 Å². The Morgan fingerprint density at radius 3 is 3.00 bits per heavy atom. The summed E-state index contributed by atoms with van der Waals surface area (Å²) in [6.45, 7) is 1.82. The maximum absolute atomic E-state index is 11.4. The fraction of sp³-hybridized carbons (Fsp3) is 0.909. The quantitative estimate of drug-likeness (QED) is 0.632. The van der Waals surface area contributed by atoms with E-state index in [4.69, 9.17) is 4.74 Å². The predicted molar refractivity (Wildman–Crippen MR) is 56.4 cm³/mol. The van der Waals surface area contributed by atoms with Gasteiger partial charge in [0, 0.05) is 19.4 Å². The van der Waals surface area contributed by atoms with Gasteiger partial charge in [-0.2, -0.15) is 0 Å². The van der Waals surface area contributed by atoms with Gasteiger partial charge in [0.25, 0.3) is 0 Å². The lowest BCUT2D eigenvalue weighted by molar-refractivity contribution is -0.119. The minimum absolute atomic E-state index is 0.364. The number of hydrogen-bond donors (Lipinski definition) is 1. The van der Waals surface area contributed by atoms with Crippen LogP contribution in [0.4, 0.5) is 0 Å². The van der Waals surface area contributed by atoms with Crippen LogP contribution in [0.2, 0.25) is 0 Å². The summed E-state index contributed by atoms with van der Waals surface area (Å²) in [6, 6.07) is 0. The second kappa shape index (κ2) is 6.96. The van der Waals surface area contributed by atoms with Crippen LogP contribution in [-0.2, 0) is 9.53 Å². The average Bonchev–Trinajstić information content (AvgIpc) is 2.68. The number of ketones is 1. The molecular formula is C11H21NO2. The Kier molecular flexibility index (Phi) is 5.80. The zero-order valence-electron chi connectivity index (χ0n) is 9.05. The third-order valence-electron chi connectivity index (χ3n) is 2.65. The molecule has 1 aliphatic heterocycles. The van der Waals surface area contributed by atoms with Crippen LogP contribution < -0.4 is 5.32 Å². The fourth-order valence-electron chi connectivity index (χ4n) is 1.78. The molecule has 0 aromatic rings. The highest BCUT2D eigenvalue weighted by Crippen LogP contribution is 2.17. The Morgan fingerprint density at radius 2 is 2.36 bits per heavy atom. The molecule has 0 bridgehead atoms. The topological polar surface area (TPSA) is 38.3 Å². The van der Waals surface area contributed by atoms with Crippen molar-refractivity contribution >= 4 is 5.78 Å². The lowest BCUT2D eigenvalue weighted by Gasteiger charge is -2.07. The first-order chi connectivity index (χ1) is 6.83. The second-order valence-corrected chi connectivity index (χ2v) is 3.92. The molecule has 14 heavy (non-hydrogen) atoms. The van der Waals surface area contributed by atoms with E-state index in [9.17, 15) is 4.79 Å². The number of ether oxygens (including phenoxy) is 1. The molecule has 0 spiro atoms. The Labute approximate surface area is 86.2 Å². The van der Waals surface area contributed by atoms with Crippen LogP contribution in [0.25, 0.3) is 0 Å². The maximum Gasteiger partial charge on any atom is 0.133 e. The van der Waals surface area contributed by atoms with Crippen LogP contribution >= 0.6 is 0 Å². The summed E-state index contributed by atoms with van der Waals surface area (Å²) in [5.41, 5.74) is 0. The molecule has 0 aliphatic carbocycles. The summed E-state index contributed by atoms with van der Waals surface area (Å²) in [5, 5.41) is 3.04. The van der Waals surface area contributed by atoms with Gasteiger partial charge in [-0.1, -0.05) is 0 Å². The van der Waals surface area contributed by atoms with Crippen molar-refractivity contribution in [1.82, 2.24) is 5.32 Å². The van der Waals surface area contributed by atoms with Gasteiger partial charge in [0.1, 0.15) is 5.78 Å². The van der Waals surface area contributed by atoms with E-state index in [-0.39, 0.29) is 0 Å². The summed E-state index contributed by atoms with van der Waals surface area (Å²) in [7, 11) is 1.91. The van der Waals surface area contributed by atoms with Crippen molar-refractivity contribution in [3.05, 3.63) is 0 Å². The summed E-state index contributed by atoms with van der Waals surface area (Å²) in [5.74, 6) is 0.385. The van der Waals surface area contributed by atoms with E-state index in [1.807, 2.05) is 7.05 Å². The normalized spacial score (nSPS) is 21.4. The van der Waals surface area contributed by atoms with Crippen LogP contribution in [0, 0.1) is 0 Å². The molecular weight excluding hydrogens is 178 g/mol. The molecule has 0 amide bonds. The number of carbonyl (C=O) groups excluding carboxylic acids is 1. The van der Waals surface area contributed by atoms with Gasteiger partial charge in [-0.25, -0.2) is 0 Å². The molecule has 1 rings (SSSR count). The highest BCUT2D eigenvalue weighted by atomic mass is 16.5. The SMILES string of the molecule is CNCCCC(=O)CCC1CCCO1. The van der Waals surface area contributed by atoms with Gasteiger partial charge in [-0.3, -0.25) is 4.79 Å². The highest BCUT2D eigenvalue weighted by molar-refractivity contribution is 5.78. The summed E-state index contributed by atoms with van der Waals surface area (Å²) < 4.78 is 5.46. The molecule has 1 atom stereocenters. The average molecular weight is 199 g/mol. The van der Waals surface area contributed by atoms with Gasteiger partial charge in [0.15, 0.2) is 0 Å². The fourth-order valence-corrected chi connectivity index (χ4v) is 1.78. The Hall–Kier alpha value is -0.410. The Balaban J connectivity index is 1.96. The zero-order chi connectivity index (χ0) is 10.2. The predicted octanol–water partition coefficient (Wildman–Crippen LogP) is 1.51. The first kappa shape index (κ1) is 11.7. The molecule has 1 aliphatic rings. The third kappa shape index (κ3) is 4.72. The van der Waals surface area contributed by atoms with Crippen molar-refractivity contribution in [3.63, 3.8) is 0 Å². The van der Waals surface area contributed by atoms with Gasteiger partial charge >= 0.3 is 0 Å². The first-order valence-electron chi connectivity index (χ1n) is 5.61. The Bertz CT molecular complexity index is 165. The smallest absolute Gasteiger partial charge is 0.133 e. The largest absolute Gasteiger partial charge is 0.378 e. The minimum atomic E-state index is 0.364. The lowest BCUT2D eigenvalue weighted by Crippen LogP contribution is -2.12. The van der Waals surface area contributed by atoms with Gasteiger partial charge in [-0.05, 0) is 39.3 Å². The summed E-state index contributed by atoms with van der Waals surface area (Å²) in [6.07, 6.45) is 5.98. The van der Waals surface area contributed by atoms with E-state index < -0.39 is 0 Å². The van der Waals surface area contributed by atoms with E-state index in [1.165, 1.54) is 6.42 Å². The molecule has 1 heterocycles. The Morgan fingerprint density at radius 1 is 1.50 bits per heavy atom. The molecule has 1 saturated heterocycles. The monoisotopic (exact) mass is 199 g/mol. The molecule has 1 fully saturated rings. The van der Waals surface area contributed by atoms with E-state index in [0.29, 0.717) is 24.7 Å². The second-order valence-electron chi connectivity index (χ2n) is 3.92. The summed E-state index contributed by atoms with van der Waals surface area (Å²) >= 11 is 0. The minimum Gasteiger partial charge on any atom is -0.378 e. The van der Waals surface area contributed by atoms with Gasteiger partial charge in [0.2, 0.25) is 0 Å². The zero-order valence-corrected chi connectivity index (χ0v) is 9.05. The molecule has 3 nitrogen and oxygen atoms in total. The molecule has 0 aromatic carbocycles. The van der Waals surface area contributed by atoms with E-state index >= 15 is 0 Å². The van der Waals surface area contributed by atoms with Crippen LogP contribution in [0.5, 0.6) is 0 Å². The number of nitrogens with one attached hydrogen (secondary N) is 1. The van der Waals surface area contributed by atoms with Crippen molar-refractivity contribution in [2.45, 2.75) is 44.6 Å². The number of carbonyl (C=O) groups is 1. The molecule has 0 radical (unpaired) electrons.